The van der Waals surface area contributed by atoms with Crippen molar-refractivity contribution >= 4 is 32.7 Å². The monoisotopic (exact) mass is 316 g/mol. The van der Waals surface area contributed by atoms with Crippen LogP contribution in [0.15, 0.2) is 47.6 Å². The molecule has 1 N–H and O–H groups in total. The molecule has 1 aliphatic heterocycles. The second-order valence-corrected chi connectivity index (χ2v) is 7.67. The molecule has 1 fully saturated rings. The van der Waals surface area contributed by atoms with Crippen molar-refractivity contribution in [3.63, 3.8) is 0 Å². The third-order valence-corrected chi connectivity index (χ3v) is 5.53. The Kier molecular flexibility index (Phi) is 3.94. The summed E-state index contributed by atoms with van der Waals surface area (Å²) >= 11 is 0. The van der Waals surface area contributed by atoms with Crippen LogP contribution < -0.4 is 5.43 Å². The molecule has 0 aliphatic carbocycles. The lowest BCUT2D eigenvalue weighted by molar-refractivity contribution is -0.124. The van der Waals surface area contributed by atoms with E-state index in [2.05, 4.69) is 10.5 Å². The molecule has 0 aromatic heterocycles. The lowest BCUT2D eigenvalue weighted by atomic mass is 10.1. The molecule has 1 heterocycles. The minimum Gasteiger partial charge on any atom is -0.273 e. The first-order chi connectivity index (χ1) is 10.5. The van der Waals surface area contributed by atoms with Crippen LogP contribution in [0.3, 0.4) is 0 Å². The highest BCUT2D eigenvalue weighted by atomic mass is 32.2. The summed E-state index contributed by atoms with van der Waals surface area (Å²) in [5, 5.41) is 6.16. The Balaban J connectivity index is 1.65. The smallest absolute Gasteiger partial charge is 0.244 e. The van der Waals surface area contributed by atoms with Gasteiger partial charge in [-0.15, -0.1) is 0 Å². The van der Waals surface area contributed by atoms with Gasteiger partial charge in [-0.25, -0.2) is 13.8 Å². The van der Waals surface area contributed by atoms with Crippen LogP contribution in [0.2, 0.25) is 0 Å². The minimum atomic E-state index is -3.05. The van der Waals surface area contributed by atoms with Crippen molar-refractivity contribution in [1.29, 1.82) is 0 Å². The van der Waals surface area contributed by atoms with Gasteiger partial charge >= 0.3 is 0 Å². The molecule has 1 amide bonds. The van der Waals surface area contributed by atoms with Gasteiger partial charge < -0.3 is 0 Å². The van der Waals surface area contributed by atoms with Crippen LogP contribution in [0.5, 0.6) is 0 Å². The number of nitrogens with one attached hydrogen (secondary N) is 1. The maximum Gasteiger partial charge on any atom is 0.244 e. The highest BCUT2D eigenvalue weighted by Gasteiger charge is 2.32. The summed E-state index contributed by atoms with van der Waals surface area (Å²) in [5.74, 6) is -0.819. The standard InChI is InChI=1S/C16H16N2O3S/c19-16(15-7-8-22(20,21)11-15)18-17-10-12-5-6-13-3-1-2-4-14(13)9-12/h1-6,9-10,15H,7-8,11H2,(H,18,19)/b17-10-/t15-/m0/s1. The number of hydrogen-bond acceptors (Lipinski definition) is 4. The lowest BCUT2D eigenvalue weighted by Crippen LogP contribution is -2.27. The quantitative estimate of drug-likeness (QED) is 0.692. The molecule has 0 bridgehead atoms. The number of hydrazone groups is 1. The average Bonchev–Trinajstić information content (AvgIpc) is 2.87. The van der Waals surface area contributed by atoms with Gasteiger partial charge in [-0.05, 0) is 28.8 Å². The van der Waals surface area contributed by atoms with Crippen LogP contribution in [0.4, 0.5) is 0 Å². The number of amides is 1. The van der Waals surface area contributed by atoms with E-state index in [1.165, 1.54) is 0 Å². The summed E-state index contributed by atoms with van der Waals surface area (Å²) in [4.78, 5) is 11.8. The normalized spacial score (nSPS) is 20.5. The number of carbonyl (C=O) groups is 1. The molecular weight excluding hydrogens is 300 g/mol. The zero-order valence-corrected chi connectivity index (χ0v) is 12.7. The fourth-order valence-electron chi connectivity index (χ4n) is 2.55. The third-order valence-electron chi connectivity index (χ3n) is 3.77. The van der Waals surface area contributed by atoms with Gasteiger partial charge in [0.1, 0.15) is 0 Å². The summed E-state index contributed by atoms with van der Waals surface area (Å²) in [6.45, 7) is 0. The van der Waals surface area contributed by atoms with Crippen molar-refractivity contribution in [2.75, 3.05) is 11.5 Å². The number of nitrogens with zero attached hydrogens (tertiary/aromatic N) is 1. The number of hydrogen-bond donors (Lipinski definition) is 1. The van der Waals surface area contributed by atoms with Gasteiger partial charge in [0.25, 0.3) is 0 Å². The first kappa shape index (κ1) is 14.7. The predicted molar refractivity (Wildman–Crippen MR) is 86.4 cm³/mol. The van der Waals surface area contributed by atoms with Crippen molar-refractivity contribution in [3.8, 4) is 0 Å². The number of sulfone groups is 1. The molecule has 3 rings (SSSR count). The zero-order valence-electron chi connectivity index (χ0n) is 11.9. The molecule has 114 valence electrons. The van der Waals surface area contributed by atoms with Crippen LogP contribution in [0.1, 0.15) is 12.0 Å². The first-order valence-electron chi connectivity index (χ1n) is 7.06. The molecule has 1 saturated heterocycles. The van der Waals surface area contributed by atoms with Gasteiger partial charge in [0.2, 0.25) is 5.91 Å². The van der Waals surface area contributed by atoms with Crippen LogP contribution >= 0.6 is 0 Å². The fourth-order valence-corrected chi connectivity index (χ4v) is 4.29. The van der Waals surface area contributed by atoms with E-state index >= 15 is 0 Å². The van der Waals surface area contributed by atoms with Gasteiger partial charge in [-0.3, -0.25) is 4.79 Å². The highest BCUT2D eigenvalue weighted by molar-refractivity contribution is 7.91. The zero-order chi connectivity index (χ0) is 15.6. The molecule has 6 heteroatoms. The molecule has 1 aliphatic rings. The first-order valence-corrected chi connectivity index (χ1v) is 8.88. The second-order valence-electron chi connectivity index (χ2n) is 5.44. The van der Waals surface area contributed by atoms with Crippen molar-refractivity contribution < 1.29 is 13.2 Å². The van der Waals surface area contributed by atoms with Gasteiger partial charge in [-0.1, -0.05) is 36.4 Å². The Labute approximate surface area is 128 Å². The number of fused-ring (bicyclic) bond motifs is 1. The summed E-state index contributed by atoms with van der Waals surface area (Å²) in [5.41, 5.74) is 3.30. The summed E-state index contributed by atoms with van der Waals surface area (Å²) in [7, 11) is -3.05. The van der Waals surface area contributed by atoms with E-state index in [0.29, 0.717) is 6.42 Å². The predicted octanol–water partition coefficient (Wildman–Crippen LogP) is 1.72. The molecular formula is C16H16N2O3S. The molecule has 0 radical (unpaired) electrons. The second kappa shape index (κ2) is 5.88. The van der Waals surface area contributed by atoms with Gasteiger partial charge in [-0.2, -0.15) is 5.10 Å². The number of rotatable bonds is 3. The van der Waals surface area contributed by atoms with Crippen LogP contribution in [-0.4, -0.2) is 32.0 Å². The Morgan fingerprint density at radius 3 is 2.68 bits per heavy atom. The van der Waals surface area contributed by atoms with Crippen LogP contribution in [-0.2, 0) is 14.6 Å². The van der Waals surface area contributed by atoms with E-state index < -0.39 is 15.8 Å². The maximum absolute atomic E-state index is 11.8. The van der Waals surface area contributed by atoms with Crippen molar-refractivity contribution in [2.24, 2.45) is 11.0 Å². The average molecular weight is 316 g/mol. The van der Waals surface area contributed by atoms with Gasteiger partial charge in [0.15, 0.2) is 9.84 Å². The third kappa shape index (κ3) is 3.33. The van der Waals surface area contributed by atoms with E-state index in [4.69, 9.17) is 0 Å². The van der Waals surface area contributed by atoms with E-state index in [1.807, 2.05) is 42.5 Å². The SMILES string of the molecule is O=C(N/N=C\c1ccc2ccccc2c1)[C@H]1CCS(=O)(=O)C1. The molecule has 22 heavy (non-hydrogen) atoms. The molecule has 2 aromatic carbocycles. The van der Waals surface area contributed by atoms with E-state index in [1.54, 1.807) is 6.21 Å². The molecule has 2 aromatic rings. The van der Waals surface area contributed by atoms with E-state index in [0.717, 1.165) is 16.3 Å². The van der Waals surface area contributed by atoms with Crippen molar-refractivity contribution in [2.45, 2.75) is 6.42 Å². The summed E-state index contributed by atoms with van der Waals surface area (Å²) in [6.07, 6.45) is 1.94. The Bertz CT molecular complexity index is 843. The lowest BCUT2D eigenvalue weighted by Gasteiger charge is -2.04. The van der Waals surface area contributed by atoms with Crippen molar-refractivity contribution in [3.05, 3.63) is 48.0 Å². The van der Waals surface area contributed by atoms with Crippen molar-refractivity contribution in [1.82, 2.24) is 5.43 Å². The Morgan fingerprint density at radius 1 is 1.18 bits per heavy atom. The summed E-state index contributed by atoms with van der Waals surface area (Å²) in [6, 6.07) is 13.9. The minimum absolute atomic E-state index is 0.0790. The Morgan fingerprint density at radius 2 is 1.95 bits per heavy atom. The maximum atomic E-state index is 11.8. The molecule has 5 nitrogen and oxygen atoms in total. The Hall–Kier alpha value is -2.21. The molecule has 1 atom stereocenters. The molecule has 0 unspecified atom stereocenters. The van der Waals surface area contributed by atoms with Crippen LogP contribution in [0.25, 0.3) is 10.8 Å². The van der Waals surface area contributed by atoms with Crippen LogP contribution in [0, 0.1) is 5.92 Å². The van der Waals surface area contributed by atoms with Gasteiger partial charge in [0.05, 0.1) is 23.6 Å². The van der Waals surface area contributed by atoms with E-state index in [-0.39, 0.29) is 17.4 Å². The topological polar surface area (TPSA) is 75.6 Å². The largest absolute Gasteiger partial charge is 0.273 e. The fraction of sp³-hybridized carbons (Fsp3) is 0.250. The summed E-state index contributed by atoms with van der Waals surface area (Å²) < 4.78 is 22.7. The number of carbonyl (C=O) groups excluding carboxylic acids is 1. The van der Waals surface area contributed by atoms with E-state index in [9.17, 15) is 13.2 Å². The molecule has 0 saturated carbocycles. The molecule has 0 spiro atoms. The number of benzene rings is 2. The highest BCUT2D eigenvalue weighted by Crippen LogP contribution is 2.18. The van der Waals surface area contributed by atoms with Gasteiger partial charge in [0, 0.05) is 0 Å².